The van der Waals surface area contributed by atoms with Crippen LogP contribution in [0, 0.1) is 5.82 Å². The highest BCUT2D eigenvalue weighted by Crippen LogP contribution is 2.44. The molecule has 2 aliphatic rings. The molecule has 1 aromatic heterocycles. The Morgan fingerprint density at radius 3 is 2.42 bits per heavy atom. The number of pyridine rings is 1. The van der Waals surface area contributed by atoms with Gasteiger partial charge in [0, 0.05) is 54.0 Å². The third kappa shape index (κ3) is 6.32. The maximum atomic E-state index is 16.0. The van der Waals surface area contributed by atoms with E-state index < -0.39 is 17.2 Å². The van der Waals surface area contributed by atoms with E-state index in [-0.39, 0.29) is 59.6 Å². The number of nitrogens with one attached hydrogen (secondary N) is 1. The number of esters is 1. The van der Waals surface area contributed by atoms with Gasteiger partial charge in [0.05, 0.1) is 31.2 Å². The fraction of sp³-hybridized carbons (Fsp3) is 0.452. The van der Waals surface area contributed by atoms with E-state index in [1.165, 1.54) is 13.2 Å². The molecule has 2 heterocycles. The molecule has 0 radical (unpaired) electrons. The fourth-order valence-electron chi connectivity index (χ4n) is 5.88. The summed E-state index contributed by atoms with van der Waals surface area (Å²) < 4.78 is 28.9. The van der Waals surface area contributed by atoms with E-state index in [4.69, 9.17) is 32.7 Å². The van der Waals surface area contributed by atoms with E-state index >= 15 is 4.39 Å². The van der Waals surface area contributed by atoms with Crippen molar-refractivity contribution in [3.8, 4) is 5.75 Å². The number of benzene rings is 2. The second-order valence-corrected chi connectivity index (χ2v) is 12.0. The van der Waals surface area contributed by atoms with Crippen LogP contribution in [0.25, 0.3) is 10.9 Å². The number of rotatable bonds is 9. The Hall–Kier alpha value is -3.34. The lowest BCUT2D eigenvalue weighted by molar-refractivity contribution is -0.145. The molecular formula is C31H35Cl2FN4O5. The molecule has 1 aliphatic heterocycles. The van der Waals surface area contributed by atoms with Crippen molar-refractivity contribution in [2.24, 2.45) is 0 Å². The number of hydrogen-bond donors (Lipinski definition) is 1. The second-order valence-electron chi connectivity index (χ2n) is 11.1. The van der Waals surface area contributed by atoms with Crippen LogP contribution in [0.4, 0.5) is 10.1 Å². The van der Waals surface area contributed by atoms with Gasteiger partial charge >= 0.3 is 5.97 Å². The Kier molecular flexibility index (Phi) is 9.20. The lowest BCUT2D eigenvalue weighted by Crippen LogP contribution is -2.58. The molecule has 5 rings (SSSR count). The van der Waals surface area contributed by atoms with Crippen LogP contribution in [0.5, 0.6) is 5.75 Å². The van der Waals surface area contributed by atoms with Crippen molar-refractivity contribution in [3.63, 3.8) is 0 Å². The molecule has 2 aromatic carbocycles. The van der Waals surface area contributed by atoms with Crippen molar-refractivity contribution in [3.05, 3.63) is 67.7 Å². The van der Waals surface area contributed by atoms with Crippen molar-refractivity contribution in [1.82, 2.24) is 14.8 Å². The Morgan fingerprint density at radius 1 is 1.12 bits per heavy atom. The number of amides is 1. The van der Waals surface area contributed by atoms with Gasteiger partial charge in [0.1, 0.15) is 11.3 Å². The summed E-state index contributed by atoms with van der Waals surface area (Å²) >= 11 is 12.2. The minimum absolute atomic E-state index is 0.0480. The molecule has 1 saturated heterocycles. The topological polar surface area (TPSA) is 93.1 Å². The van der Waals surface area contributed by atoms with Crippen LogP contribution in [0.15, 0.2) is 35.3 Å². The highest BCUT2D eigenvalue weighted by molar-refractivity contribution is 6.35. The predicted molar refractivity (Wildman–Crippen MR) is 165 cm³/mol. The molecule has 43 heavy (non-hydrogen) atoms. The van der Waals surface area contributed by atoms with E-state index in [1.54, 1.807) is 31.3 Å². The largest absolute Gasteiger partial charge is 0.492 e. The SMILES string of the molecule is CCOC(=O)CN1[C@H](C)CN(c2c(F)cc3c(=O)c(C(=O)NCc4ccc(Cl)cc4Cl)cn(C4CC4)c3c2OC)C[C@@H]1C. The van der Waals surface area contributed by atoms with Crippen LogP contribution in [0.1, 0.15) is 55.6 Å². The first-order valence-electron chi connectivity index (χ1n) is 14.4. The van der Waals surface area contributed by atoms with Gasteiger partial charge in [-0.3, -0.25) is 19.3 Å². The summed E-state index contributed by atoms with van der Waals surface area (Å²) in [4.78, 5) is 43.1. The molecular weight excluding hydrogens is 598 g/mol. The number of nitrogens with zero attached hydrogens (tertiary/aromatic N) is 3. The smallest absolute Gasteiger partial charge is 0.320 e. The van der Waals surface area contributed by atoms with E-state index in [9.17, 15) is 14.4 Å². The third-order valence-corrected chi connectivity index (χ3v) is 8.66. The predicted octanol–water partition coefficient (Wildman–Crippen LogP) is 5.18. The zero-order valence-corrected chi connectivity index (χ0v) is 26.1. The number of ether oxygens (including phenoxy) is 2. The molecule has 1 saturated carbocycles. The standard InChI is InChI=1S/C31H35Cl2FN4O5/c1-5-43-26(39)16-37-17(2)13-36(14-18(37)3)28-25(34)11-22-27(30(28)42-4)38(21-8-9-21)15-23(29(22)40)31(41)35-12-19-6-7-20(32)10-24(19)33/h6-7,10-11,15,17-18,21H,5,8-9,12-14,16H2,1-4H3,(H,35,41)/t17-,18+. The van der Waals surface area contributed by atoms with Gasteiger partial charge in [-0.25, -0.2) is 4.39 Å². The molecule has 230 valence electrons. The molecule has 12 heteroatoms. The number of methoxy groups -OCH3 is 1. The van der Waals surface area contributed by atoms with Crippen molar-refractivity contribution >= 4 is 51.7 Å². The molecule has 3 aromatic rings. The molecule has 0 unspecified atom stereocenters. The zero-order chi connectivity index (χ0) is 31.0. The highest BCUT2D eigenvalue weighted by atomic mass is 35.5. The normalized spacial score (nSPS) is 19.0. The summed E-state index contributed by atoms with van der Waals surface area (Å²) in [6, 6.07) is 6.04. The maximum absolute atomic E-state index is 16.0. The van der Waals surface area contributed by atoms with Crippen molar-refractivity contribution in [2.45, 2.75) is 58.3 Å². The van der Waals surface area contributed by atoms with Gasteiger partial charge in [0.15, 0.2) is 11.6 Å². The first-order chi connectivity index (χ1) is 20.5. The monoisotopic (exact) mass is 632 g/mol. The Bertz CT molecular complexity index is 1610. The van der Waals surface area contributed by atoms with Gasteiger partial charge in [0.2, 0.25) is 5.43 Å². The average molecular weight is 634 g/mol. The van der Waals surface area contributed by atoms with Crippen molar-refractivity contribution in [1.29, 1.82) is 0 Å². The van der Waals surface area contributed by atoms with Crippen LogP contribution >= 0.6 is 23.2 Å². The number of aromatic nitrogens is 1. The second kappa shape index (κ2) is 12.7. The van der Waals surface area contributed by atoms with Gasteiger partial charge in [0.25, 0.3) is 5.91 Å². The Balaban J connectivity index is 1.51. The number of hydrogen-bond acceptors (Lipinski definition) is 7. The number of carbonyl (C=O) groups excluding carboxylic acids is 2. The molecule has 1 amide bonds. The van der Waals surface area contributed by atoms with Crippen LogP contribution in [-0.2, 0) is 16.1 Å². The summed E-state index contributed by atoms with van der Waals surface area (Å²) in [7, 11) is 1.46. The fourth-order valence-corrected chi connectivity index (χ4v) is 6.35. The van der Waals surface area contributed by atoms with Gasteiger partial charge in [-0.05, 0) is 57.4 Å². The van der Waals surface area contributed by atoms with Crippen molar-refractivity contribution in [2.75, 3.05) is 38.3 Å². The van der Waals surface area contributed by atoms with Gasteiger partial charge in [-0.2, -0.15) is 0 Å². The molecule has 1 aliphatic carbocycles. The van der Waals surface area contributed by atoms with E-state index in [2.05, 4.69) is 5.32 Å². The summed E-state index contributed by atoms with van der Waals surface area (Å²) in [6.07, 6.45) is 3.26. The molecule has 0 bridgehead atoms. The molecule has 1 N–H and O–H groups in total. The van der Waals surface area contributed by atoms with Crippen LogP contribution < -0.4 is 20.4 Å². The first-order valence-corrected chi connectivity index (χ1v) is 15.1. The van der Waals surface area contributed by atoms with Crippen molar-refractivity contribution < 1.29 is 23.5 Å². The van der Waals surface area contributed by atoms with E-state index in [1.807, 2.05) is 28.2 Å². The lowest BCUT2D eigenvalue weighted by atomic mass is 10.0. The molecule has 2 atom stereocenters. The average Bonchev–Trinajstić information content (AvgIpc) is 3.80. The summed E-state index contributed by atoms with van der Waals surface area (Å²) in [5.74, 6) is -1.26. The van der Waals surface area contributed by atoms with Gasteiger partial charge < -0.3 is 24.3 Å². The Labute approximate surface area is 259 Å². The third-order valence-electron chi connectivity index (χ3n) is 8.08. The first kappa shape index (κ1) is 31.1. The minimum atomic E-state index is -0.618. The Morgan fingerprint density at radius 2 is 1.81 bits per heavy atom. The maximum Gasteiger partial charge on any atom is 0.320 e. The van der Waals surface area contributed by atoms with Crippen LogP contribution in [-0.4, -0.2) is 66.8 Å². The molecule has 9 nitrogen and oxygen atoms in total. The van der Waals surface area contributed by atoms with Crippen LogP contribution in [0.3, 0.4) is 0 Å². The lowest BCUT2D eigenvalue weighted by Gasteiger charge is -2.45. The zero-order valence-electron chi connectivity index (χ0n) is 24.6. The molecule has 2 fully saturated rings. The molecule has 0 spiro atoms. The minimum Gasteiger partial charge on any atom is -0.492 e. The van der Waals surface area contributed by atoms with Gasteiger partial charge in [-0.1, -0.05) is 29.3 Å². The number of piperazine rings is 1. The summed E-state index contributed by atoms with van der Waals surface area (Å²) in [5.41, 5.74) is 0.682. The number of anilines is 1. The van der Waals surface area contributed by atoms with E-state index in [0.29, 0.717) is 40.8 Å². The summed E-state index contributed by atoms with van der Waals surface area (Å²) in [6.45, 7) is 7.15. The quantitative estimate of drug-likeness (QED) is 0.325. The highest BCUT2D eigenvalue weighted by Gasteiger charge is 2.36. The van der Waals surface area contributed by atoms with Gasteiger partial charge in [-0.15, -0.1) is 0 Å². The van der Waals surface area contributed by atoms with Crippen LogP contribution in [0.2, 0.25) is 10.0 Å². The number of halogens is 3. The number of carbonyl (C=O) groups is 2. The number of fused-ring (bicyclic) bond motifs is 1. The summed E-state index contributed by atoms with van der Waals surface area (Å²) in [5, 5.41) is 3.70. The van der Waals surface area contributed by atoms with E-state index in [0.717, 1.165) is 12.8 Å².